The van der Waals surface area contributed by atoms with Crippen molar-refractivity contribution in [1.29, 1.82) is 0 Å². The largest absolute Gasteiger partial charge is 0.508 e. The molecule has 6 N–H and O–H groups in total. The number of likely N-dealkylation sites (tertiary alicyclic amines) is 1. The van der Waals surface area contributed by atoms with Gasteiger partial charge in [-0.3, -0.25) is 19.2 Å². The molecule has 12 nitrogen and oxygen atoms in total. The molecule has 1 heterocycles. The van der Waals surface area contributed by atoms with Gasteiger partial charge in [0.2, 0.25) is 23.6 Å². The Balaban J connectivity index is 2.14. The first-order chi connectivity index (χ1) is 18.0. The van der Waals surface area contributed by atoms with Crippen molar-refractivity contribution in [2.45, 2.75) is 70.6 Å². The van der Waals surface area contributed by atoms with Crippen LogP contribution in [0.5, 0.6) is 5.75 Å². The topological polar surface area (TPSA) is 180 Å². The molecule has 0 radical (unpaired) electrons. The average molecular weight is 534 g/mol. The average Bonchev–Trinajstić information content (AvgIpc) is 3.37. The number of hydrogen-bond donors (Lipinski definition) is 5. The molecule has 0 saturated carbocycles. The number of phenolic OH excluding ortho intramolecular Hbond substituents is 1. The number of aromatic hydroxyl groups is 1. The minimum atomic E-state index is -1.01. The number of esters is 1. The summed E-state index contributed by atoms with van der Waals surface area (Å²) in [4.78, 5) is 64.8. The van der Waals surface area contributed by atoms with Gasteiger partial charge >= 0.3 is 5.97 Å². The number of benzene rings is 1. The summed E-state index contributed by atoms with van der Waals surface area (Å²) in [6.45, 7) is 5.41. The van der Waals surface area contributed by atoms with Gasteiger partial charge in [-0.2, -0.15) is 0 Å². The van der Waals surface area contributed by atoms with Crippen LogP contribution < -0.4 is 21.7 Å². The number of nitrogens with zero attached hydrogens (tertiary/aromatic N) is 1. The summed E-state index contributed by atoms with van der Waals surface area (Å²) >= 11 is 0. The zero-order valence-corrected chi connectivity index (χ0v) is 22.4. The van der Waals surface area contributed by atoms with E-state index in [9.17, 15) is 29.1 Å². The quantitative estimate of drug-likeness (QED) is 0.225. The highest BCUT2D eigenvalue weighted by atomic mass is 16.5. The smallest absolute Gasteiger partial charge is 0.328 e. The number of amides is 4. The number of phenols is 1. The van der Waals surface area contributed by atoms with Gasteiger partial charge in [0, 0.05) is 13.0 Å². The first kappa shape index (κ1) is 30.6. The summed E-state index contributed by atoms with van der Waals surface area (Å²) in [6.07, 6.45) is 1.43. The fraction of sp³-hybridized carbons (Fsp3) is 0.577. The van der Waals surface area contributed by atoms with Gasteiger partial charge in [0.05, 0.1) is 13.7 Å². The van der Waals surface area contributed by atoms with Crippen LogP contribution in [0.2, 0.25) is 0 Å². The van der Waals surface area contributed by atoms with Gasteiger partial charge in [-0.05, 0) is 49.8 Å². The van der Waals surface area contributed by atoms with Crippen LogP contribution in [-0.4, -0.2) is 84.0 Å². The molecular formula is C26H39N5O7. The second kappa shape index (κ2) is 14.3. The number of nitrogens with two attached hydrogens (primary N) is 1. The van der Waals surface area contributed by atoms with E-state index in [2.05, 4.69) is 16.0 Å². The molecule has 4 unspecified atom stereocenters. The second-order valence-corrected chi connectivity index (χ2v) is 9.83. The van der Waals surface area contributed by atoms with Crippen LogP contribution in [0.1, 0.15) is 45.6 Å². The Morgan fingerprint density at radius 1 is 1.05 bits per heavy atom. The van der Waals surface area contributed by atoms with E-state index in [1.54, 1.807) is 12.1 Å². The van der Waals surface area contributed by atoms with Gasteiger partial charge < -0.3 is 36.4 Å². The molecule has 38 heavy (non-hydrogen) atoms. The van der Waals surface area contributed by atoms with E-state index in [4.69, 9.17) is 10.5 Å². The lowest BCUT2D eigenvalue weighted by Crippen LogP contribution is -2.57. The lowest BCUT2D eigenvalue weighted by atomic mass is 10.0. The van der Waals surface area contributed by atoms with Gasteiger partial charge in [-0.15, -0.1) is 0 Å². The molecule has 1 fully saturated rings. The molecule has 2 rings (SSSR count). The number of carbonyl (C=O) groups excluding carboxylic acids is 5. The summed E-state index contributed by atoms with van der Waals surface area (Å²) in [6, 6.07) is 2.60. The van der Waals surface area contributed by atoms with E-state index < -0.39 is 53.8 Å². The predicted octanol–water partition coefficient (Wildman–Crippen LogP) is -0.422. The first-order valence-corrected chi connectivity index (χ1v) is 12.7. The van der Waals surface area contributed by atoms with Crippen LogP contribution in [0.25, 0.3) is 0 Å². The van der Waals surface area contributed by atoms with E-state index in [0.717, 1.165) is 0 Å². The van der Waals surface area contributed by atoms with Crippen molar-refractivity contribution >= 4 is 29.6 Å². The molecule has 1 aliphatic rings. The third-order valence-corrected chi connectivity index (χ3v) is 6.29. The molecule has 12 heteroatoms. The van der Waals surface area contributed by atoms with Gasteiger partial charge in [0.15, 0.2) is 0 Å². The predicted molar refractivity (Wildman–Crippen MR) is 139 cm³/mol. The van der Waals surface area contributed by atoms with Crippen molar-refractivity contribution in [3.05, 3.63) is 29.8 Å². The Kier molecular flexibility index (Phi) is 11.5. The highest BCUT2D eigenvalue weighted by Crippen LogP contribution is 2.20. The summed E-state index contributed by atoms with van der Waals surface area (Å²) in [5.41, 5.74) is 6.00. The number of methoxy groups -OCH3 is 1. The summed E-state index contributed by atoms with van der Waals surface area (Å²) in [5, 5.41) is 17.5. The highest BCUT2D eigenvalue weighted by Gasteiger charge is 2.38. The van der Waals surface area contributed by atoms with E-state index >= 15 is 0 Å². The third-order valence-electron chi connectivity index (χ3n) is 6.29. The van der Waals surface area contributed by atoms with Gasteiger partial charge in [0.25, 0.3) is 0 Å². The summed E-state index contributed by atoms with van der Waals surface area (Å²) in [5.74, 6) is -2.47. The molecule has 1 aromatic rings. The fourth-order valence-corrected chi connectivity index (χ4v) is 4.36. The molecule has 4 atom stereocenters. The Labute approximate surface area is 222 Å². The molecule has 4 amide bonds. The second-order valence-electron chi connectivity index (χ2n) is 9.83. The van der Waals surface area contributed by atoms with Crippen LogP contribution in [0.3, 0.4) is 0 Å². The number of ether oxygens (including phenoxy) is 1. The van der Waals surface area contributed by atoms with Crippen LogP contribution in [0, 0.1) is 5.92 Å². The first-order valence-electron chi connectivity index (χ1n) is 12.7. The van der Waals surface area contributed by atoms with Crippen molar-refractivity contribution in [2.24, 2.45) is 11.7 Å². The van der Waals surface area contributed by atoms with E-state index in [1.165, 1.54) is 31.1 Å². The molecule has 210 valence electrons. The van der Waals surface area contributed by atoms with Crippen molar-refractivity contribution < 1.29 is 33.8 Å². The fourth-order valence-electron chi connectivity index (χ4n) is 4.36. The standard InChI is InChI=1S/C26H39N5O7/c1-15(2)12-19(23(34)30-20(26(37)38-4)13-17-7-9-18(32)10-8-17)29-24(35)21-6-5-11-31(21)25(36)16(3)28-22(33)14-27/h7-10,15-16,19-21,32H,5-6,11-14,27H2,1-4H3,(H,28,33)(H,29,35)(H,30,34). The normalized spacial score (nSPS) is 17.3. The van der Waals surface area contributed by atoms with Gasteiger partial charge in [-0.1, -0.05) is 26.0 Å². The maximum atomic E-state index is 13.3. The van der Waals surface area contributed by atoms with Crippen molar-refractivity contribution in [1.82, 2.24) is 20.9 Å². The number of hydrogen-bond acceptors (Lipinski definition) is 8. The Bertz CT molecular complexity index is 998. The maximum absolute atomic E-state index is 13.3. The molecule has 1 aliphatic heterocycles. The van der Waals surface area contributed by atoms with E-state index in [1.807, 2.05) is 13.8 Å². The Hall–Kier alpha value is -3.67. The molecule has 0 spiro atoms. The van der Waals surface area contributed by atoms with Crippen molar-refractivity contribution in [3.63, 3.8) is 0 Å². The van der Waals surface area contributed by atoms with Gasteiger partial charge in [0.1, 0.15) is 29.9 Å². The zero-order valence-electron chi connectivity index (χ0n) is 22.4. The molecule has 1 aromatic carbocycles. The molecule has 1 saturated heterocycles. The van der Waals surface area contributed by atoms with Crippen LogP contribution in [-0.2, 0) is 35.1 Å². The third kappa shape index (κ3) is 8.72. The Morgan fingerprint density at radius 2 is 1.71 bits per heavy atom. The summed E-state index contributed by atoms with van der Waals surface area (Å²) < 4.78 is 4.86. The van der Waals surface area contributed by atoms with Crippen molar-refractivity contribution in [3.8, 4) is 5.75 Å². The van der Waals surface area contributed by atoms with Crippen LogP contribution >= 0.6 is 0 Å². The van der Waals surface area contributed by atoms with Gasteiger partial charge in [-0.25, -0.2) is 4.79 Å². The van der Waals surface area contributed by atoms with Crippen molar-refractivity contribution in [2.75, 3.05) is 20.2 Å². The minimum Gasteiger partial charge on any atom is -0.508 e. The van der Waals surface area contributed by atoms with E-state index in [0.29, 0.717) is 31.4 Å². The lowest BCUT2D eigenvalue weighted by Gasteiger charge is -2.29. The Morgan fingerprint density at radius 3 is 2.29 bits per heavy atom. The number of rotatable bonds is 12. The maximum Gasteiger partial charge on any atom is 0.328 e. The monoisotopic (exact) mass is 533 g/mol. The highest BCUT2D eigenvalue weighted by molar-refractivity contribution is 5.95. The van der Waals surface area contributed by atoms with E-state index in [-0.39, 0.29) is 24.6 Å². The molecule has 0 bridgehead atoms. The lowest BCUT2D eigenvalue weighted by molar-refractivity contribution is -0.145. The minimum absolute atomic E-state index is 0.0348. The molecule has 0 aliphatic carbocycles. The number of carbonyl (C=O) groups is 5. The SMILES string of the molecule is COC(=O)C(Cc1ccc(O)cc1)NC(=O)C(CC(C)C)NC(=O)C1CCCN1C(=O)C(C)NC(=O)CN. The summed E-state index contributed by atoms with van der Waals surface area (Å²) in [7, 11) is 1.22. The number of nitrogens with one attached hydrogen (secondary N) is 3. The van der Waals surface area contributed by atoms with Crippen LogP contribution in [0.15, 0.2) is 24.3 Å². The zero-order chi connectivity index (χ0) is 28.4. The van der Waals surface area contributed by atoms with Crippen LogP contribution in [0.4, 0.5) is 0 Å². The molecule has 0 aromatic heterocycles. The molecular weight excluding hydrogens is 494 g/mol.